The van der Waals surface area contributed by atoms with Gasteiger partial charge in [0, 0.05) is 0 Å². The molecule has 0 unspecified atom stereocenters. The summed E-state index contributed by atoms with van der Waals surface area (Å²) in [6.45, 7) is 0. The molecule has 1 aromatic heterocycles. The number of fused-ring (bicyclic) bond motifs is 1. The summed E-state index contributed by atoms with van der Waals surface area (Å²) >= 11 is 5.98. The zero-order valence-electron chi connectivity index (χ0n) is 11.7. The van der Waals surface area contributed by atoms with Gasteiger partial charge in [-0.2, -0.15) is 5.10 Å². The van der Waals surface area contributed by atoms with E-state index in [0.717, 1.165) is 11.0 Å². The predicted molar refractivity (Wildman–Crippen MR) is 86.5 cm³/mol. The highest BCUT2D eigenvalue weighted by molar-refractivity contribution is 6.33. The number of nitrogens with one attached hydrogen (secondary N) is 1. The zero-order valence-corrected chi connectivity index (χ0v) is 12.5. The average molecular weight is 326 g/mol. The van der Waals surface area contributed by atoms with Crippen LogP contribution in [-0.2, 0) is 0 Å². The lowest BCUT2D eigenvalue weighted by Crippen LogP contribution is -2.22. The van der Waals surface area contributed by atoms with Gasteiger partial charge in [0.1, 0.15) is 5.69 Å². The maximum atomic E-state index is 10.8. The topological polar surface area (TPSA) is 90.3 Å². The third-order valence-corrected chi connectivity index (χ3v) is 3.38. The second-order valence-corrected chi connectivity index (χ2v) is 5.04. The van der Waals surface area contributed by atoms with Gasteiger partial charge in [-0.1, -0.05) is 29.8 Å². The van der Waals surface area contributed by atoms with Crippen molar-refractivity contribution in [2.45, 2.75) is 0 Å². The number of carboxylic acid groups (broad SMARTS) is 1. The van der Waals surface area contributed by atoms with Crippen molar-refractivity contribution in [2.75, 3.05) is 5.43 Å². The second-order valence-electron chi connectivity index (χ2n) is 4.64. The van der Waals surface area contributed by atoms with E-state index in [1.54, 1.807) is 6.20 Å². The molecule has 0 aliphatic heterocycles. The molecule has 7 heteroatoms. The number of hydrogen-bond donors (Lipinski definition) is 1. The number of halogens is 1. The van der Waals surface area contributed by atoms with Gasteiger partial charge in [-0.05, 0) is 29.8 Å². The highest BCUT2D eigenvalue weighted by Crippen LogP contribution is 2.22. The number of aromatic carboxylic acids is 1. The van der Waals surface area contributed by atoms with Gasteiger partial charge in [-0.25, -0.2) is 4.98 Å². The van der Waals surface area contributed by atoms with E-state index in [1.165, 1.54) is 24.4 Å². The third kappa shape index (κ3) is 3.44. The molecule has 3 rings (SSSR count). The molecule has 1 N–H and O–H groups in total. The number of carbonyl (C=O) groups is 1. The van der Waals surface area contributed by atoms with Crippen LogP contribution in [0.15, 0.2) is 53.8 Å². The maximum Gasteiger partial charge on any atom is 0.102 e. The Morgan fingerprint density at radius 2 is 2.00 bits per heavy atom. The average Bonchev–Trinajstić information content (AvgIpc) is 2.56. The Morgan fingerprint density at radius 3 is 2.78 bits per heavy atom. The summed E-state index contributed by atoms with van der Waals surface area (Å²) in [6, 6.07) is 11.7. The van der Waals surface area contributed by atoms with Gasteiger partial charge in [0.2, 0.25) is 0 Å². The Hall–Kier alpha value is -2.99. The molecule has 3 aromatic rings. The normalized spacial score (nSPS) is 11.0. The highest BCUT2D eigenvalue weighted by Gasteiger charge is 2.02. The molecule has 0 aliphatic carbocycles. The number of hydrazone groups is 1. The SMILES string of the molecule is O=C([O-])c1ccc(Cl)c(N/N=C\c2cnc3ccccc3n2)c1. The Kier molecular flexibility index (Phi) is 4.16. The fourth-order valence-corrected chi connectivity index (χ4v) is 2.10. The van der Waals surface area contributed by atoms with E-state index in [4.69, 9.17) is 11.6 Å². The van der Waals surface area contributed by atoms with Gasteiger partial charge in [-0.3, -0.25) is 10.4 Å². The molecular weight excluding hydrogens is 316 g/mol. The minimum absolute atomic E-state index is 0.0117. The number of aromatic nitrogens is 2. The Morgan fingerprint density at radius 1 is 1.22 bits per heavy atom. The highest BCUT2D eigenvalue weighted by atomic mass is 35.5. The molecule has 0 aliphatic rings. The molecule has 0 radical (unpaired) electrons. The van der Waals surface area contributed by atoms with Gasteiger partial charge < -0.3 is 9.90 Å². The maximum absolute atomic E-state index is 10.8. The molecule has 0 spiro atoms. The lowest BCUT2D eigenvalue weighted by atomic mass is 10.2. The number of nitrogens with zero attached hydrogens (tertiary/aromatic N) is 3. The molecule has 6 nitrogen and oxygen atoms in total. The lowest BCUT2D eigenvalue weighted by Gasteiger charge is -2.07. The Bertz CT molecular complexity index is 911. The monoisotopic (exact) mass is 325 g/mol. The van der Waals surface area contributed by atoms with E-state index in [-0.39, 0.29) is 5.56 Å². The smallest absolute Gasteiger partial charge is 0.102 e. The number of benzene rings is 2. The summed E-state index contributed by atoms with van der Waals surface area (Å²) in [7, 11) is 0. The molecule has 0 saturated heterocycles. The van der Waals surface area contributed by atoms with Crippen LogP contribution >= 0.6 is 11.6 Å². The quantitative estimate of drug-likeness (QED) is 0.586. The number of anilines is 1. The van der Waals surface area contributed by atoms with Crippen molar-refractivity contribution in [2.24, 2.45) is 5.10 Å². The minimum Gasteiger partial charge on any atom is -0.545 e. The first-order chi connectivity index (χ1) is 11.1. The van der Waals surface area contributed by atoms with E-state index in [9.17, 15) is 9.90 Å². The van der Waals surface area contributed by atoms with Crippen LogP contribution in [0.4, 0.5) is 5.69 Å². The zero-order chi connectivity index (χ0) is 16.2. The van der Waals surface area contributed by atoms with Crippen molar-refractivity contribution in [1.82, 2.24) is 9.97 Å². The fourth-order valence-electron chi connectivity index (χ4n) is 1.94. The first-order valence-electron chi connectivity index (χ1n) is 6.65. The van der Waals surface area contributed by atoms with Crippen LogP contribution in [0.3, 0.4) is 0 Å². The van der Waals surface area contributed by atoms with Crippen molar-refractivity contribution in [3.05, 3.63) is 64.9 Å². The van der Waals surface area contributed by atoms with Crippen LogP contribution in [0.1, 0.15) is 16.1 Å². The summed E-state index contributed by atoms with van der Waals surface area (Å²) in [5, 5.41) is 15.2. The van der Waals surface area contributed by atoms with Crippen molar-refractivity contribution in [3.8, 4) is 0 Å². The van der Waals surface area contributed by atoms with E-state index >= 15 is 0 Å². The van der Waals surface area contributed by atoms with Crippen LogP contribution in [0.25, 0.3) is 11.0 Å². The largest absolute Gasteiger partial charge is 0.545 e. The molecular formula is C16H10ClN4O2-. The van der Waals surface area contributed by atoms with Crippen molar-refractivity contribution < 1.29 is 9.90 Å². The second kappa shape index (κ2) is 6.41. The van der Waals surface area contributed by atoms with Crippen LogP contribution in [0.5, 0.6) is 0 Å². The molecule has 114 valence electrons. The van der Waals surface area contributed by atoms with Crippen molar-refractivity contribution >= 4 is 40.5 Å². The van der Waals surface area contributed by atoms with Crippen LogP contribution in [0, 0.1) is 0 Å². The minimum atomic E-state index is -1.28. The van der Waals surface area contributed by atoms with Gasteiger partial charge in [-0.15, -0.1) is 0 Å². The standard InChI is InChI=1S/C16H11ClN4O2/c17-12-6-5-10(16(22)23)7-15(12)21-19-9-11-8-18-13-3-1-2-4-14(13)20-11/h1-9,21H,(H,22,23)/p-1/b19-9-. The lowest BCUT2D eigenvalue weighted by molar-refractivity contribution is -0.255. The molecule has 0 atom stereocenters. The summed E-state index contributed by atoms with van der Waals surface area (Å²) in [5.74, 6) is -1.28. The van der Waals surface area contributed by atoms with E-state index in [1.807, 2.05) is 24.3 Å². The van der Waals surface area contributed by atoms with Gasteiger partial charge in [0.25, 0.3) is 0 Å². The van der Waals surface area contributed by atoms with Crippen molar-refractivity contribution in [1.29, 1.82) is 0 Å². The molecule has 23 heavy (non-hydrogen) atoms. The molecule has 0 saturated carbocycles. The molecule has 0 fully saturated rings. The predicted octanol–water partition coefficient (Wildman–Crippen LogP) is 2.09. The van der Waals surface area contributed by atoms with E-state index in [2.05, 4.69) is 20.5 Å². The van der Waals surface area contributed by atoms with Crippen LogP contribution in [0.2, 0.25) is 5.02 Å². The number of hydrogen-bond acceptors (Lipinski definition) is 6. The molecule has 0 bridgehead atoms. The number of carbonyl (C=O) groups excluding carboxylic acids is 1. The Labute approximate surface area is 136 Å². The first kappa shape index (κ1) is 14.9. The number of rotatable bonds is 4. The number of para-hydroxylation sites is 2. The summed E-state index contributed by atoms with van der Waals surface area (Å²) in [5.41, 5.74) is 5.16. The van der Waals surface area contributed by atoms with Crippen LogP contribution in [-0.4, -0.2) is 22.2 Å². The third-order valence-electron chi connectivity index (χ3n) is 3.05. The summed E-state index contributed by atoms with van der Waals surface area (Å²) in [4.78, 5) is 19.5. The summed E-state index contributed by atoms with van der Waals surface area (Å²) in [6.07, 6.45) is 3.06. The van der Waals surface area contributed by atoms with Gasteiger partial charge in [0.15, 0.2) is 0 Å². The fraction of sp³-hybridized carbons (Fsp3) is 0. The van der Waals surface area contributed by atoms with E-state index < -0.39 is 5.97 Å². The molecule has 0 amide bonds. The van der Waals surface area contributed by atoms with Gasteiger partial charge >= 0.3 is 0 Å². The first-order valence-corrected chi connectivity index (χ1v) is 7.03. The van der Waals surface area contributed by atoms with E-state index in [0.29, 0.717) is 16.4 Å². The summed E-state index contributed by atoms with van der Waals surface area (Å²) < 4.78 is 0. The van der Waals surface area contributed by atoms with Crippen molar-refractivity contribution in [3.63, 3.8) is 0 Å². The Balaban J connectivity index is 1.80. The number of carboxylic acids is 1. The molecule has 2 aromatic carbocycles. The molecule has 1 heterocycles. The van der Waals surface area contributed by atoms with Crippen LogP contribution < -0.4 is 10.5 Å². The van der Waals surface area contributed by atoms with Gasteiger partial charge in [0.05, 0.1) is 40.1 Å².